The Bertz CT molecular complexity index is 1380. The molecule has 38 heavy (non-hydrogen) atoms. The summed E-state index contributed by atoms with van der Waals surface area (Å²) < 4.78 is 34.7. The first-order valence-corrected chi connectivity index (χ1v) is 14.3. The second-order valence-corrected chi connectivity index (χ2v) is 11.5. The van der Waals surface area contributed by atoms with Gasteiger partial charge in [-0.1, -0.05) is 58.7 Å². The summed E-state index contributed by atoms with van der Waals surface area (Å²) in [6.45, 7) is 3.27. The summed E-state index contributed by atoms with van der Waals surface area (Å²) in [6, 6.07) is 19.6. The van der Waals surface area contributed by atoms with E-state index in [1.807, 2.05) is 13.0 Å². The maximum Gasteiger partial charge on any atom is 0.264 e. The zero-order valence-electron chi connectivity index (χ0n) is 21.8. The van der Waals surface area contributed by atoms with Crippen LogP contribution in [-0.2, 0) is 26.2 Å². The summed E-state index contributed by atoms with van der Waals surface area (Å²) in [7, 11) is -1.06. The van der Waals surface area contributed by atoms with Gasteiger partial charge in [0.2, 0.25) is 11.8 Å². The molecule has 0 saturated carbocycles. The number of amides is 2. The zero-order chi connectivity index (χ0) is 27.9. The van der Waals surface area contributed by atoms with Gasteiger partial charge in [0.1, 0.15) is 18.3 Å². The van der Waals surface area contributed by atoms with Crippen molar-refractivity contribution in [1.29, 1.82) is 0 Å². The van der Waals surface area contributed by atoms with Gasteiger partial charge in [-0.25, -0.2) is 8.42 Å². The summed E-state index contributed by atoms with van der Waals surface area (Å²) in [4.78, 5) is 28.2. The summed E-state index contributed by atoms with van der Waals surface area (Å²) in [5.41, 5.74) is 1.98. The highest BCUT2D eigenvalue weighted by Crippen LogP contribution is 2.27. The number of hydrogen-bond acceptors (Lipinski definition) is 5. The summed E-state index contributed by atoms with van der Waals surface area (Å²) in [5.74, 6) is -0.237. The highest BCUT2D eigenvalue weighted by atomic mass is 79.9. The van der Waals surface area contributed by atoms with Gasteiger partial charge in [0.05, 0.1) is 17.7 Å². The average Bonchev–Trinajstić information content (AvgIpc) is 2.91. The Morgan fingerprint density at radius 3 is 2.32 bits per heavy atom. The molecule has 1 N–H and O–H groups in total. The maximum absolute atomic E-state index is 13.9. The Labute approximate surface area is 232 Å². The standard InChI is InChI=1S/C28H32BrN3O5S/c1-5-26(28(34)30-3)31(18-21-8-6-11-24(16-21)37-4)27(33)19-32(23-10-7-9-22(29)17-23)38(35,36)25-14-12-20(2)13-15-25/h6-17,26H,5,18-19H2,1-4H3,(H,30,34). The van der Waals surface area contributed by atoms with Crippen LogP contribution in [0, 0.1) is 6.92 Å². The van der Waals surface area contributed by atoms with Crippen LogP contribution in [0.25, 0.3) is 0 Å². The lowest BCUT2D eigenvalue weighted by Gasteiger charge is -2.33. The van der Waals surface area contributed by atoms with E-state index in [-0.39, 0.29) is 17.3 Å². The number of methoxy groups -OCH3 is 1. The quantitative estimate of drug-likeness (QED) is 0.349. The monoisotopic (exact) mass is 601 g/mol. The molecule has 3 rings (SSSR count). The van der Waals surface area contributed by atoms with Crippen LogP contribution >= 0.6 is 15.9 Å². The number of nitrogens with one attached hydrogen (secondary N) is 1. The van der Waals surface area contributed by atoms with Crippen molar-refractivity contribution in [1.82, 2.24) is 10.2 Å². The van der Waals surface area contributed by atoms with Crippen LogP contribution in [0.15, 0.2) is 82.2 Å². The first-order valence-electron chi connectivity index (χ1n) is 12.1. The van der Waals surface area contributed by atoms with Crippen LogP contribution in [0.1, 0.15) is 24.5 Å². The molecule has 0 radical (unpaired) electrons. The van der Waals surface area contributed by atoms with Crippen LogP contribution in [0.5, 0.6) is 5.75 Å². The van der Waals surface area contributed by atoms with Crippen molar-refractivity contribution >= 4 is 43.5 Å². The van der Waals surface area contributed by atoms with Crippen molar-refractivity contribution in [2.75, 3.05) is 25.0 Å². The first-order chi connectivity index (χ1) is 18.1. The molecular formula is C28H32BrN3O5S. The Kier molecular flexibility index (Phi) is 9.93. The molecule has 0 bridgehead atoms. The molecule has 1 atom stereocenters. The number of aryl methyl sites for hydroxylation is 1. The molecule has 0 fully saturated rings. The fourth-order valence-electron chi connectivity index (χ4n) is 4.05. The van der Waals surface area contributed by atoms with Gasteiger partial charge in [0.25, 0.3) is 10.0 Å². The number of anilines is 1. The van der Waals surface area contributed by atoms with E-state index in [1.165, 1.54) is 24.1 Å². The van der Waals surface area contributed by atoms with Gasteiger partial charge < -0.3 is 15.0 Å². The van der Waals surface area contributed by atoms with Gasteiger partial charge >= 0.3 is 0 Å². The SMILES string of the molecule is CCC(C(=O)NC)N(Cc1cccc(OC)c1)C(=O)CN(c1cccc(Br)c1)S(=O)(=O)c1ccc(C)cc1. The Morgan fingerprint density at radius 2 is 1.71 bits per heavy atom. The third-order valence-electron chi connectivity index (χ3n) is 6.10. The maximum atomic E-state index is 13.9. The lowest BCUT2D eigenvalue weighted by atomic mass is 10.1. The fraction of sp³-hybridized carbons (Fsp3) is 0.286. The molecular weight excluding hydrogens is 570 g/mol. The number of ether oxygens (including phenoxy) is 1. The topological polar surface area (TPSA) is 96.0 Å². The molecule has 0 aliphatic carbocycles. The van der Waals surface area contributed by atoms with Crippen molar-refractivity contribution in [2.24, 2.45) is 0 Å². The lowest BCUT2D eigenvalue weighted by molar-refractivity contribution is -0.140. The molecule has 8 nitrogen and oxygen atoms in total. The van der Waals surface area contributed by atoms with Gasteiger partial charge in [-0.05, 0) is 61.4 Å². The zero-order valence-corrected chi connectivity index (χ0v) is 24.3. The van der Waals surface area contributed by atoms with Crippen LogP contribution in [0.3, 0.4) is 0 Å². The van der Waals surface area contributed by atoms with E-state index >= 15 is 0 Å². The summed E-state index contributed by atoms with van der Waals surface area (Å²) in [6.07, 6.45) is 0.344. The number of rotatable bonds is 11. The molecule has 10 heteroatoms. The summed E-state index contributed by atoms with van der Waals surface area (Å²) in [5, 5.41) is 2.62. The van der Waals surface area contributed by atoms with Crippen LogP contribution in [0.2, 0.25) is 0 Å². The van der Waals surface area contributed by atoms with E-state index in [0.717, 1.165) is 15.4 Å². The molecule has 2 amide bonds. The van der Waals surface area contributed by atoms with Gasteiger partial charge in [0.15, 0.2) is 0 Å². The van der Waals surface area contributed by atoms with E-state index in [9.17, 15) is 18.0 Å². The van der Waals surface area contributed by atoms with Crippen molar-refractivity contribution in [2.45, 2.75) is 37.8 Å². The smallest absolute Gasteiger partial charge is 0.264 e. The molecule has 1 unspecified atom stereocenters. The fourth-order valence-corrected chi connectivity index (χ4v) is 5.84. The first kappa shape index (κ1) is 29.2. The number of halogens is 1. The van der Waals surface area contributed by atoms with E-state index in [2.05, 4.69) is 21.2 Å². The van der Waals surface area contributed by atoms with E-state index in [1.54, 1.807) is 68.6 Å². The number of benzene rings is 3. The van der Waals surface area contributed by atoms with Gasteiger partial charge in [-0.2, -0.15) is 0 Å². The number of likely N-dealkylation sites (N-methyl/N-ethyl adjacent to an activating group) is 1. The van der Waals surface area contributed by atoms with Crippen molar-refractivity contribution < 1.29 is 22.7 Å². The Balaban J connectivity index is 2.06. The Hall–Kier alpha value is -3.37. The van der Waals surface area contributed by atoms with Crippen molar-refractivity contribution in [3.05, 3.63) is 88.4 Å². The number of carbonyl (C=O) groups excluding carboxylic acids is 2. The Morgan fingerprint density at radius 1 is 1.03 bits per heavy atom. The molecule has 0 aromatic heterocycles. The van der Waals surface area contributed by atoms with E-state index < -0.39 is 28.5 Å². The van der Waals surface area contributed by atoms with Gasteiger partial charge in [-0.15, -0.1) is 0 Å². The normalized spacial score (nSPS) is 11.9. The second-order valence-electron chi connectivity index (χ2n) is 8.72. The number of sulfonamides is 1. The van der Waals surface area contributed by atoms with Gasteiger partial charge in [-0.3, -0.25) is 13.9 Å². The number of hydrogen-bond donors (Lipinski definition) is 1. The molecule has 0 aliphatic rings. The minimum atomic E-state index is -4.11. The van der Waals surface area contributed by atoms with Crippen molar-refractivity contribution in [3.63, 3.8) is 0 Å². The molecule has 0 saturated heterocycles. The van der Waals surface area contributed by atoms with Crippen molar-refractivity contribution in [3.8, 4) is 5.75 Å². The predicted octanol–water partition coefficient (Wildman–Crippen LogP) is 4.51. The minimum Gasteiger partial charge on any atom is -0.497 e. The van der Waals surface area contributed by atoms with Crippen LogP contribution in [-0.4, -0.2) is 51.9 Å². The molecule has 0 aliphatic heterocycles. The van der Waals surface area contributed by atoms with Crippen LogP contribution < -0.4 is 14.4 Å². The van der Waals surface area contributed by atoms with E-state index in [4.69, 9.17) is 4.74 Å². The number of carbonyl (C=O) groups is 2. The lowest BCUT2D eigenvalue weighted by Crippen LogP contribution is -2.51. The van der Waals surface area contributed by atoms with Crippen LogP contribution in [0.4, 0.5) is 5.69 Å². The number of nitrogens with zero attached hydrogens (tertiary/aromatic N) is 2. The summed E-state index contributed by atoms with van der Waals surface area (Å²) >= 11 is 3.40. The predicted molar refractivity (Wildman–Crippen MR) is 152 cm³/mol. The third-order valence-corrected chi connectivity index (χ3v) is 8.38. The van der Waals surface area contributed by atoms with Gasteiger partial charge in [0, 0.05) is 18.1 Å². The highest BCUT2D eigenvalue weighted by molar-refractivity contribution is 9.10. The average molecular weight is 603 g/mol. The largest absolute Gasteiger partial charge is 0.497 e. The molecule has 202 valence electrons. The molecule has 3 aromatic rings. The third kappa shape index (κ3) is 6.93. The molecule has 3 aromatic carbocycles. The second kappa shape index (κ2) is 12.9. The molecule has 0 spiro atoms. The minimum absolute atomic E-state index is 0.0635. The van der Waals surface area contributed by atoms with E-state index in [0.29, 0.717) is 22.3 Å². The molecule has 0 heterocycles. The highest BCUT2D eigenvalue weighted by Gasteiger charge is 2.33.